The second-order valence-electron chi connectivity index (χ2n) is 7.19. The van der Waals surface area contributed by atoms with E-state index in [4.69, 9.17) is 23.2 Å². The van der Waals surface area contributed by atoms with Gasteiger partial charge in [-0.05, 0) is 36.6 Å². The van der Waals surface area contributed by atoms with Gasteiger partial charge in [-0.3, -0.25) is 9.59 Å². The molecule has 0 saturated heterocycles. The summed E-state index contributed by atoms with van der Waals surface area (Å²) in [5.41, 5.74) is 2.03. The highest BCUT2D eigenvalue weighted by molar-refractivity contribution is 6.36. The van der Waals surface area contributed by atoms with Gasteiger partial charge >= 0.3 is 0 Å². The first-order valence-electron chi connectivity index (χ1n) is 10.1. The molecule has 0 aromatic heterocycles. The van der Waals surface area contributed by atoms with Crippen molar-refractivity contribution in [2.45, 2.75) is 25.2 Å². The predicted molar refractivity (Wildman–Crippen MR) is 128 cm³/mol. The molecule has 0 aliphatic rings. The minimum absolute atomic E-state index is 0.165. The van der Waals surface area contributed by atoms with Crippen molar-refractivity contribution in [3.63, 3.8) is 0 Å². The van der Waals surface area contributed by atoms with E-state index in [0.29, 0.717) is 33.4 Å². The fourth-order valence-corrected chi connectivity index (χ4v) is 3.85. The van der Waals surface area contributed by atoms with Gasteiger partial charge in [-0.2, -0.15) is 0 Å². The largest absolute Gasteiger partial charge is 0.411 e. The Labute approximate surface area is 196 Å². The van der Waals surface area contributed by atoms with Crippen LogP contribution in [0.3, 0.4) is 0 Å². The van der Waals surface area contributed by atoms with Crippen LogP contribution in [-0.4, -0.2) is 22.6 Å². The Kier molecular flexibility index (Phi) is 8.42. The molecule has 0 saturated carbocycles. The molecule has 0 aliphatic carbocycles. The van der Waals surface area contributed by atoms with Crippen LogP contribution < -0.4 is 5.32 Å². The molecular weight excluding hydrogens is 447 g/mol. The van der Waals surface area contributed by atoms with E-state index in [0.717, 1.165) is 5.56 Å². The van der Waals surface area contributed by atoms with Crippen molar-refractivity contribution in [1.29, 1.82) is 0 Å². The standard InChI is InChI=1S/C25H22Cl2N2O3/c26-19-14-15-21(20(27)16-19)28-23(30)13-7-12-22(29-32)24(17-8-3-1-4-9-17)25(31)18-10-5-2-6-11-18/h1-6,8-11,14-16,24,32H,7,12-13H2,(H,28,30)/b29-22-. The summed E-state index contributed by atoms with van der Waals surface area (Å²) in [5.74, 6) is -1.14. The van der Waals surface area contributed by atoms with E-state index in [1.165, 1.54) is 0 Å². The van der Waals surface area contributed by atoms with Crippen LogP contribution in [0.25, 0.3) is 0 Å². The van der Waals surface area contributed by atoms with E-state index in [1.54, 1.807) is 42.5 Å². The number of amides is 1. The molecular formula is C25H22Cl2N2O3. The summed E-state index contributed by atoms with van der Waals surface area (Å²) in [5, 5.41) is 16.7. The minimum Gasteiger partial charge on any atom is -0.411 e. The number of Topliss-reactive ketones (excluding diaryl/α,β-unsaturated/α-hetero) is 1. The van der Waals surface area contributed by atoms with Gasteiger partial charge in [0, 0.05) is 17.0 Å². The molecule has 1 unspecified atom stereocenters. The summed E-state index contributed by atoms with van der Waals surface area (Å²) in [7, 11) is 0. The van der Waals surface area contributed by atoms with Gasteiger partial charge in [0.1, 0.15) is 0 Å². The predicted octanol–water partition coefficient (Wildman–Crippen LogP) is 6.60. The maximum absolute atomic E-state index is 13.3. The third-order valence-corrected chi connectivity index (χ3v) is 5.50. The van der Waals surface area contributed by atoms with Crippen molar-refractivity contribution in [3.05, 3.63) is 100 Å². The molecule has 0 aliphatic heterocycles. The number of rotatable bonds is 9. The molecule has 3 rings (SSSR count). The van der Waals surface area contributed by atoms with E-state index < -0.39 is 5.92 Å². The van der Waals surface area contributed by atoms with Gasteiger partial charge in [-0.25, -0.2) is 0 Å². The first-order valence-corrected chi connectivity index (χ1v) is 10.8. The first kappa shape index (κ1) is 23.5. The lowest BCUT2D eigenvalue weighted by Gasteiger charge is -2.18. The van der Waals surface area contributed by atoms with Gasteiger partial charge < -0.3 is 10.5 Å². The number of nitrogens with one attached hydrogen (secondary N) is 1. The lowest BCUT2D eigenvalue weighted by molar-refractivity contribution is -0.116. The van der Waals surface area contributed by atoms with Crippen molar-refractivity contribution in [2.24, 2.45) is 5.16 Å². The zero-order chi connectivity index (χ0) is 22.9. The van der Waals surface area contributed by atoms with Crippen LogP contribution in [0.2, 0.25) is 10.0 Å². The molecule has 0 fully saturated rings. The quantitative estimate of drug-likeness (QED) is 0.160. The number of nitrogens with zero attached hydrogens (tertiary/aromatic N) is 1. The van der Waals surface area contributed by atoms with E-state index in [-0.39, 0.29) is 24.5 Å². The number of hydrogen-bond acceptors (Lipinski definition) is 4. The van der Waals surface area contributed by atoms with Crippen molar-refractivity contribution in [3.8, 4) is 0 Å². The first-order chi connectivity index (χ1) is 15.5. The van der Waals surface area contributed by atoms with Crippen molar-refractivity contribution >= 4 is 46.3 Å². The highest BCUT2D eigenvalue weighted by atomic mass is 35.5. The zero-order valence-electron chi connectivity index (χ0n) is 17.2. The molecule has 0 radical (unpaired) electrons. The third-order valence-electron chi connectivity index (χ3n) is 4.96. The number of hydrogen-bond donors (Lipinski definition) is 2. The number of halogens is 2. The van der Waals surface area contributed by atoms with Crippen LogP contribution in [-0.2, 0) is 4.79 Å². The SMILES string of the molecule is O=C(CCC/C(=N/O)C(C(=O)c1ccccc1)c1ccccc1)Nc1ccc(Cl)cc1Cl. The average molecular weight is 469 g/mol. The highest BCUT2D eigenvalue weighted by Crippen LogP contribution is 2.27. The molecule has 3 aromatic carbocycles. The molecule has 0 bridgehead atoms. The third kappa shape index (κ3) is 6.19. The molecule has 0 heterocycles. The Bertz CT molecular complexity index is 1100. The Hall–Kier alpha value is -3.15. The number of benzene rings is 3. The van der Waals surface area contributed by atoms with Crippen molar-refractivity contribution in [2.75, 3.05) is 5.32 Å². The van der Waals surface area contributed by atoms with Gasteiger partial charge in [-0.1, -0.05) is 89.0 Å². The van der Waals surface area contributed by atoms with Crippen LogP contribution in [0, 0.1) is 0 Å². The number of carbonyl (C=O) groups excluding carboxylic acids is 2. The normalized spacial score (nSPS) is 12.2. The fourth-order valence-electron chi connectivity index (χ4n) is 3.40. The Morgan fingerprint density at radius 1 is 0.906 bits per heavy atom. The molecule has 5 nitrogen and oxygen atoms in total. The van der Waals surface area contributed by atoms with Gasteiger partial charge in [-0.15, -0.1) is 0 Å². The summed E-state index contributed by atoms with van der Waals surface area (Å²) in [6, 6.07) is 22.9. The van der Waals surface area contributed by atoms with Crippen LogP contribution >= 0.6 is 23.2 Å². The maximum Gasteiger partial charge on any atom is 0.224 e. The number of carbonyl (C=O) groups is 2. The van der Waals surface area contributed by atoms with Gasteiger partial charge in [0.25, 0.3) is 0 Å². The lowest BCUT2D eigenvalue weighted by atomic mass is 9.85. The molecule has 1 atom stereocenters. The number of ketones is 1. The summed E-state index contributed by atoms with van der Waals surface area (Å²) in [6.45, 7) is 0. The smallest absolute Gasteiger partial charge is 0.224 e. The van der Waals surface area contributed by atoms with Crippen LogP contribution in [0.15, 0.2) is 84.0 Å². The second-order valence-corrected chi connectivity index (χ2v) is 8.03. The summed E-state index contributed by atoms with van der Waals surface area (Å²) >= 11 is 12.0. The second kappa shape index (κ2) is 11.5. The molecule has 1 amide bonds. The van der Waals surface area contributed by atoms with Crippen LogP contribution in [0.1, 0.15) is 41.1 Å². The fraction of sp³-hybridized carbons (Fsp3) is 0.160. The molecule has 32 heavy (non-hydrogen) atoms. The van der Waals surface area contributed by atoms with Crippen molar-refractivity contribution in [1.82, 2.24) is 0 Å². The average Bonchev–Trinajstić information content (AvgIpc) is 2.81. The lowest BCUT2D eigenvalue weighted by Crippen LogP contribution is -2.23. The van der Waals surface area contributed by atoms with E-state index in [1.807, 2.05) is 36.4 Å². The topological polar surface area (TPSA) is 78.8 Å². The van der Waals surface area contributed by atoms with E-state index in [9.17, 15) is 14.8 Å². The summed E-state index contributed by atoms with van der Waals surface area (Å²) in [6.07, 6.45) is 0.831. The monoisotopic (exact) mass is 468 g/mol. The highest BCUT2D eigenvalue weighted by Gasteiger charge is 2.27. The molecule has 3 aromatic rings. The molecule has 2 N–H and O–H groups in total. The Balaban J connectivity index is 1.69. The molecule has 164 valence electrons. The Morgan fingerprint density at radius 3 is 2.19 bits per heavy atom. The Morgan fingerprint density at radius 2 is 1.56 bits per heavy atom. The minimum atomic E-state index is -0.739. The maximum atomic E-state index is 13.3. The van der Waals surface area contributed by atoms with Gasteiger partial charge in [0.05, 0.1) is 22.3 Å². The number of anilines is 1. The van der Waals surface area contributed by atoms with Gasteiger partial charge in [0.15, 0.2) is 5.78 Å². The number of oxime groups is 1. The van der Waals surface area contributed by atoms with E-state index in [2.05, 4.69) is 10.5 Å². The van der Waals surface area contributed by atoms with E-state index >= 15 is 0 Å². The van der Waals surface area contributed by atoms with Gasteiger partial charge in [0.2, 0.25) is 5.91 Å². The summed E-state index contributed by atoms with van der Waals surface area (Å²) < 4.78 is 0. The summed E-state index contributed by atoms with van der Waals surface area (Å²) in [4.78, 5) is 25.6. The van der Waals surface area contributed by atoms with Crippen LogP contribution in [0.4, 0.5) is 5.69 Å². The molecule has 7 heteroatoms. The molecule has 0 spiro atoms. The zero-order valence-corrected chi connectivity index (χ0v) is 18.7. The van der Waals surface area contributed by atoms with Crippen molar-refractivity contribution < 1.29 is 14.8 Å². The van der Waals surface area contributed by atoms with Crippen LogP contribution in [0.5, 0.6) is 0 Å².